The van der Waals surface area contributed by atoms with Crippen molar-refractivity contribution in [2.75, 3.05) is 11.5 Å². The molecule has 1 unspecified atom stereocenters. The fourth-order valence-electron chi connectivity index (χ4n) is 1.21. The van der Waals surface area contributed by atoms with Crippen molar-refractivity contribution in [2.24, 2.45) is 0 Å². The average molecular weight is 211 g/mol. The van der Waals surface area contributed by atoms with Crippen molar-refractivity contribution in [1.29, 1.82) is 0 Å². The molecule has 0 radical (unpaired) electrons. The minimum absolute atomic E-state index is 0.218. The monoisotopic (exact) mass is 211 g/mol. The number of hydrogen-bond donors (Lipinski definition) is 2. The third-order valence-electron chi connectivity index (χ3n) is 1.97. The molecule has 0 saturated heterocycles. The van der Waals surface area contributed by atoms with E-state index in [1.54, 1.807) is 11.8 Å². The fraction of sp³-hybridized carbons (Fsp3) is 0.455. The molecule has 1 aromatic carbocycles. The van der Waals surface area contributed by atoms with E-state index in [4.69, 9.17) is 5.73 Å². The van der Waals surface area contributed by atoms with Gasteiger partial charge in [0, 0.05) is 16.3 Å². The second kappa shape index (κ2) is 5.94. The van der Waals surface area contributed by atoms with Crippen LogP contribution in [0.5, 0.6) is 0 Å². The highest BCUT2D eigenvalue weighted by Gasteiger charge is 2.04. The van der Waals surface area contributed by atoms with Crippen molar-refractivity contribution in [3.05, 3.63) is 24.3 Å². The molecule has 0 heterocycles. The van der Waals surface area contributed by atoms with Crippen molar-refractivity contribution >= 4 is 17.4 Å². The molecule has 0 aliphatic heterocycles. The lowest BCUT2D eigenvalue weighted by atomic mass is 10.2. The molecule has 0 aliphatic rings. The second-order valence-electron chi connectivity index (χ2n) is 3.29. The van der Waals surface area contributed by atoms with Gasteiger partial charge in [-0.3, -0.25) is 0 Å². The number of benzene rings is 1. The highest BCUT2D eigenvalue weighted by atomic mass is 32.2. The number of aliphatic hydroxyl groups excluding tert-OH is 1. The summed E-state index contributed by atoms with van der Waals surface area (Å²) in [5.41, 5.74) is 6.57. The molecule has 0 fully saturated rings. The standard InChI is InChI=1S/C11H17NOS/c1-2-5-9(13)8-14-11-7-4-3-6-10(11)12/h3-4,6-7,9,13H,2,5,8,12H2,1H3. The Labute approximate surface area is 89.5 Å². The minimum atomic E-state index is -0.218. The molecule has 78 valence electrons. The summed E-state index contributed by atoms with van der Waals surface area (Å²) in [7, 11) is 0. The smallest absolute Gasteiger partial charge is 0.0634 e. The predicted molar refractivity (Wildman–Crippen MR) is 62.5 cm³/mol. The first kappa shape index (κ1) is 11.4. The van der Waals surface area contributed by atoms with Gasteiger partial charge < -0.3 is 10.8 Å². The molecule has 1 atom stereocenters. The van der Waals surface area contributed by atoms with Crippen molar-refractivity contribution in [3.8, 4) is 0 Å². The summed E-state index contributed by atoms with van der Waals surface area (Å²) in [6.45, 7) is 2.07. The lowest BCUT2D eigenvalue weighted by molar-refractivity contribution is 0.188. The summed E-state index contributed by atoms with van der Waals surface area (Å²) in [6.07, 6.45) is 1.66. The van der Waals surface area contributed by atoms with E-state index in [1.165, 1.54) is 0 Å². The molecule has 1 aromatic rings. The van der Waals surface area contributed by atoms with E-state index in [2.05, 4.69) is 6.92 Å². The molecule has 0 spiro atoms. The van der Waals surface area contributed by atoms with Crippen LogP contribution in [0.2, 0.25) is 0 Å². The summed E-state index contributed by atoms with van der Waals surface area (Å²) in [5, 5.41) is 9.54. The Hall–Kier alpha value is -0.670. The van der Waals surface area contributed by atoms with E-state index >= 15 is 0 Å². The van der Waals surface area contributed by atoms with E-state index < -0.39 is 0 Å². The zero-order valence-corrected chi connectivity index (χ0v) is 9.26. The van der Waals surface area contributed by atoms with E-state index in [0.29, 0.717) is 0 Å². The van der Waals surface area contributed by atoms with Gasteiger partial charge in [-0.1, -0.05) is 25.5 Å². The van der Waals surface area contributed by atoms with Crippen LogP contribution < -0.4 is 5.73 Å². The minimum Gasteiger partial charge on any atom is -0.398 e. The zero-order valence-electron chi connectivity index (χ0n) is 8.44. The topological polar surface area (TPSA) is 46.2 Å². The largest absolute Gasteiger partial charge is 0.398 e. The normalized spacial score (nSPS) is 12.7. The van der Waals surface area contributed by atoms with Gasteiger partial charge in [-0.05, 0) is 18.6 Å². The number of aliphatic hydroxyl groups is 1. The summed E-state index contributed by atoms with van der Waals surface area (Å²) in [4.78, 5) is 1.06. The second-order valence-corrected chi connectivity index (χ2v) is 4.35. The van der Waals surface area contributed by atoms with Crippen molar-refractivity contribution in [2.45, 2.75) is 30.8 Å². The molecule has 14 heavy (non-hydrogen) atoms. The van der Waals surface area contributed by atoms with Crippen LogP contribution in [0, 0.1) is 0 Å². The first-order valence-corrected chi connectivity index (χ1v) is 5.88. The molecule has 3 heteroatoms. The van der Waals surface area contributed by atoms with Gasteiger partial charge in [-0.2, -0.15) is 0 Å². The molecular formula is C11H17NOS. The van der Waals surface area contributed by atoms with Gasteiger partial charge in [0.1, 0.15) is 0 Å². The lowest BCUT2D eigenvalue weighted by Crippen LogP contribution is -2.08. The molecular weight excluding hydrogens is 194 g/mol. The summed E-state index contributed by atoms with van der Waals surface area (Å²) in [6, 6.07) is 7.75. The van der Waals surface area contributed by atoms with Crippen molar-refractivity contribution in [1.82, 2.24) is 0 Å². The molecule has 0 aromatic heterocycles. The highest BCUT2D eigenvalue weighted by molar-refractivity contribution is 7.99. The van der Waals surface area contributed by atoms with Crippen LogP contribution in [0.4, 0.5) is 5.69 Å². The van der Waals surface area contributed by atoms with Gasteiger partial charge >= 0.3 is 0 Å². The van der Waals surface area contributed by atoms with Crippen LogP contribution >= 0.6 is 11.8 Å². The van der Waals surface area contributed by atoms with E-state index in [9.17, 15) is 5.11 Å². The first-order chi connectivity index (χ1) is 6.74. The number of anilines is 1. The zero-order chi connectivity index (χ0) is 10.4. The molecule has 2 nitrogen and oxygen atoms in total. The Bertz CT molecular complexity index is 278. The predicted octanol–water partition coefficient (Wildman–Crippen LogP) is 2.52. The summed E-state index contributed by atoms with van der Waals surface area (Å²) >= 11 is 1.62. The number of thioether (sulfide) groups is 1. The van der Waals surface area contributed by atoms with Crippen LogP contribution in [-0.2, 0) is 0 Å². The van der Waals surface area contributed by atoms with Crippen molar-refractivity contribution < 1.29 is 5.11 Å². The average Bonchev–Trinajstić information content (AvgIpc) is 2.17. The number of nitrogen functional groups attached to an aromatic ring is 1. The molecule has 0 bridgehead atoms. The van der Waals surface area contributed by atoms with Crippen LogP contribution in [0.3, 0.4) is 0 Å². The Morgan fingerprint density at radius 1 is 1.43 bits per heavy atom. The first-order valence-electron chi connectivity index (χ1n) is 4.89. The maximum atomic E-state index is 9.54. The number of hydrogen-bond acceptors (Lipinski definition) is 3. The van der Waals surface area contributed by atoms with Crippen LogP contribution in [0.15, 0.2) is 29.2 Å². The molecule has 0 amide bonds. The number of para-hydroxylation sites is 1. The number of nitrogens with two attached hydrogens (primary N) is 1. The van der Waals surface area contributed by atoms with Crippen LogP contribution in [-0.4, -0.2) is 17.0 Å². The Balaban J connectivity index is 2.41. The SMILES string of the molecule is CCCC(O)CSc1ccccc1N. The Kier molecular flexibility index (Phi) is 4.84. The highest BCUT2D eigenvalue weighted by Crippen LogP contribution is 2.25. The molecule has 0 saturated carbocycles. The van der Waals surface area contributed by atoms with Gasteiger partial charge in [0.2, 0.25) is 0 Å². The number of rotatable bonds is 5. The third kappa shape index (κ3) is 3.60. The van der Waals surface area contributed by atoms with Crippen LogP contribution in [0.25, 0.3) is 0 Å². The lowest BCUT2D eigenvalue weighted by Gasteiger charge is -2.09. The Morgan fingerprint density at radius 3 is 2.79 bits per heavy atom. The third-order valence-corrected chi connectivity index (χ3v) is 3.21. The molecule has 0 aliphatic carbocycles. The van der Waals surface area contributed by atoms with Crippen molar-refractivity contribution in [3.63, 3.8) is 0 Å². The molecule has 1 rings (SSSR count). The van der Waals surface area contributed by atoms with E-state index in [-0.39, 0.29) is 6.10 Å². The summed E-state index contributed by atoms with van der Waals surface area (Å²) < 4.78 is 0. The maximum Gasteiger partial charge on any atom is 0.0634 e. The Morgan fingerprint density at radius 2 is 2.14 bits per heavy atom. The van der Waals surface area contributed by atoms with Gasteiger partial charge in [0.15, 0.2) is 0 Å². The van der Waals surface area contributed by atoms with Gasteiger partial charge in [-0.15, -0.1) is 11.8 Å². The summed E-state index contributed by atoms with van der Waals surface area (Å²) in [5.74, 6) is 0.724. The van der Waals surface area contributed by atoms with Crippen LogP contribution in [0.1, 0.15) is 19.8 Å². The van der Waals surface area contributed by atoms with Gasteiger partial charge in [0.05, 0.1) is 6.10 Å². The fourth-order valence-corrected chi connectivity index (χ4v) is 2.16. The van der Waals surface area contributed by atoms with E-state index in [1.807, 2.05) is 24.3 Å². The maximum absolute atomic E-state index is 9.54. The molecule has 3 N–H and O–H groups in total. The quantitative estimate of drug-likeness (QED) is 0.581. The van der Waals surface area contributed by atoms with Gasteiger partial charge in [-0.25, -0.2) is 0 Å². The van der Waals surface area contributed by atoms with Gasteiger partial charge in [0.25, 0.3) is 0 Å². The van der Waals surface area contributed by atoms with E-state index in [0.717, 1.165) is 29.2 Å².